The quantitative estimate of drug-likeness (QED) is 0.120. The third-order valence-corrected chi connectivity index (χ3v) is 15.8. The lowest BCUT2D eigenvalue weighted by molar-refractivity contribution is 0.00578. The van der Waals surface area contributed by atoms with E-state index < -0.39 is 42.5 Å². The summed E-state index contributed by atoms with van der Waals surface area (Å²) in [5.74, 6) is 2.91. The number of nitrogens with zero attached hydrogens (tertiary/aromatic N) is 9. The summed E-state index contributed by atoms with van der Waals surface area (Å²) in [6, 6.07) is 67.6. The van der Waals surface area contributed by atoms with Crippen molar-refractivity contribution < 1.29 is 27.4 Å². The summed E-state index contributed by atoms with van der Waals surface area (Å²) in [7, 11) is -1.31. The molecule has 0 saturated carbocycles. The summed E-state index contributed by atoms with van der Waals surface area (Å²) in [6.07, 6.45) is 0. The number of halogens is 3. The van der Waals surface area contributed by atoms with Crippen molar-refractivity contribution in [2.45, 2.75) is 77.8 Å². The van der Waals surface area contributed by atoms with Crippen LogP contribution in [0.1, 0.15) is 55.4 Å². The maximum Gasteiger partial charge on any atom is 0.497 e. The first-order valence-electron chi connectivity index (χ1n) is 28.4. The Morgan fingerprint density at radius 2 is 0.575 bits per heavy atom. The predicted molar refractivity (Wildman–Crippen MR) is 339 cm³/mol. The van der Waals surface area contributed by atoms with Crippen LogP contribution in [0, 0.1) is 11.6 Å². The van der Waals surface area contributed by atoms with Gasteiger partial charge in [-0.1, -0.05) is 194 Å². The van der Waals surface area contributed by atoms with Crippen molar-refractivity contribution in [3.63, 3.8) is 0 Å². The Balaban J connectivity index is 0.000000150. The van der Waals surface area contributed by atoms with E-state index >= 15 is 4.39 Å². The first-order valence-corrected chi connectivity index (χ1v) is 28.7. The van der Waals surface area contributed by atoms with E-state index in [9.17, 15) is 4.39 Å². The molecule has 13 nitrogen and oxygen atoms in total. The van der Waals surface area contributed by atoms with Crippen molar-refractivity contribution in [3.8, 4) is 91.1 Å². The van der Waals surface area contributed by atoms with Gasteiger partial charge in [-0.15, -0.1) is 0 Å². The van der Waals surface area contributed by atoms with Crippen LogP contribution in [0.25, 0.3) is 91.1 Å². The van der Waals surface area contributed by atoms with Gasteiger partial charge < -0.3 is 18.6 Å². The highest BCUT2D eigenvalue weighted by Crippen LogP contribution is 2.39. The van der Waals surface area contributed by atoms with Crippen LogP contribution in [0.15, 0.2) is 218 Å². The van der Waals surface area contributed by atoms with Crippen molar-refractivity contribution in [2.24, 2.45) is 0 Å². The molecule has 11 aromatic rings. The van der Waals surface area contributed by atoms with Crippen LogP contribution in [0.3, 0.4) is 0 Å². The topological polar surface area (TPSA) is 153 Å². The molecule has 13 rings (SSSR count). The molecule has 2 saturated heterocycles. The molecule has 8 aromatic carbocycles. The van der Waals surface area contributed by atoms with E-state index in [0.29, 0.717) is 51.8 Å². The zero-order valence-electron chi connectivity index (χ0n) is 49.2. The van der Waals surface area contributed by atoms with Gasteiger partial charge in [0, 0.05) is 44.4 Å². The van der Waals surface area contributed by atoms with Gasteiger partial charge >= 0.3 is 14.2 Å². The monoisotopic (exact) mass is 1170 g/mol. The molecule has 0 bridgehead atoms. The SMILES string of the molecule is CC1(C)OB(c2ccc(F)c(B3OC(C)(C)C(C)(C)O3)c2)OC1(C)C.Clc1nc(-c2ccccc2)nc(-c2ccccc2)n1.Fc1ccc(-c2nc(-c3ccccc3)nc(-c3ccccc3)n2)cc1-c1nc(-c2ccccc2)nc(-c2ccccc2)n1. The molecule has 0 amide bonds. The van der Waals surface area contributed by atoms with E-state index in [1.165, 1.54) is 12.1 Å². The molecule has 18 heteroatoms. The van der Waals surface area contributed by atoms with Crippen molar-refractivity contribution in [2.75, 3.05) is 0 Å². The second-order valence-corrected chi connectivity index (χ2v) is 23.1. The largest absolute Gasteiger partial charge is 0.497 e. The number of rotatable bonds is 10. The van der Waals surface area contributed by atoms with Crippen molar-refractivity contribution >= 4 is 36.8 Å². The average molecular weight is 1170 g/mol. The highest BCUT2D eigenvalue weighted by atomic mass is 35.5. The lowest BCUT2D eigenvalue weighted by atomic mass is 9.71. The molecule has 0 N–H and O–H groups in total. The summed E-state index contributed by atoms with van der Waals surface area (Å²) in [6.45, 7) is 15.8. The molecule has 2 aliphatic heterocycles. The molecule has 2 fully saturated rings. The van der Waals surface area contributed by atoms with Gasteiger partial charge in [-0.3, -0.25) is 0 Å². The molecule has 0 unspecified atom stereocenters. The van der Waals surface area contributed by atoms with Gasteiger partial charge in [0.15, 0.2) is 46.6 Å². The van der Waals surface area contributed by atoms with Crippen molar-refractivity contribution in [3.05, 3.63) is 235 Å². The molecular weight excluding hydrogens is 1110 g/mol. The van der Waals surface area contributed by atoms with Crippen LogP contribution >= 0.6 is 11.6 Å². The Morgan fingerprint density at radius 3 is 0.908 bits per heavy atom. The van der Waals surface area contributed by atoms with Crippen LogP contribution in [0.2, 0.25) is 5.28 Å². The lowest BCUT2D eigenvalue weighted by Crippen LogP contribution is -2.42. The van der Waals surface area contributed by atoms with E-state index in [1.807, 2.05) is 237 Å². The minimum Gasteiger partial charge on any atom is -0.399 e. The van der Waals surface area contributed by atoms with Crippen molar-refractivity contribution in [1.29, 1.82) is 0 Å². The zero-order valence-corrected chi connectivity index (χ0v) is 50.0. The number of benzene rings is 8. The summed E-state index contributed by atoms with van der Waals surface area (Å²) < 4.78 is 54.1. The highest BCUT2D eigenvalue weighted by Gasteiger charge is 2.54. The Hall–Kier alpha value is -9.09. The van der Waals surface area contributed by atoms with Gasteiger partial charge in [0.2, 0.25) is 5.28 Å². The van der Waals surface area contributed by atoms with Crippen molar-refractivity contribution in [1.82, 2.24) is 44.9 Å². The Morgan fingerprint density at radius 1 is 0.299 bits per heavy atom. The smallest absolute Gasteiger partial charge is 0.399 e. The number of hydrogen-bond acceptors (Lipinski definition) is 13. The fourth-order valence-corrected chi connectivity index (χ4v) is 9.48. The first kappa shape index (κ1) is 59.6. The zero-order chi connectivity index (χ0) is 60.9. The van der Waals surface area contributed by atoms with E-state index in [-0.39, 0.29) is 22.5 Å². The maximum absolute atomic E-state index is 15.6. The van der Waals surface area contributed by atoms with Gasteiger partial charge in [0.25, 0.3) is 0 Å². The van der Waals surface area contributed by atoms with E-state index in [0.717, 1.165) is 38.8 Å². The highest BCUT2D eigenvalue weighted by molar-refractivity contribution is 6.66. The Kier molecular flexibility index (Phi) is 17.2. The molecule has 87 heavy (non-hydrogen) atoms. The Bertz CT molecular complexity index is 3980. The van der Waals surface area contributed by atoms with Gasteiger partial charge in [0.05, 0.1) is 28.0 Å². The molecule has 0 aliphatic carbocycles. The maximum atomic E-state index is 15.6. The predicted octanol–water partition coefficient (Wildman–Crippen LogP) is 14.5. The number of hydrogen-bond donors (Lipinski definition) is 0. The van der Waals surface area contributed by atoms with Gasteiger partial charge in [-0.05, 0) is 96.7 Å². The Labute approximate surface area is 510 Å². The normalized spacial score (nSPS) is 15.2. The molecule has 2 aliphatic rings. The standard InChI is InChI=1S/C36H23FN6.C18H27B2FO4.C15H10ClN3/c37-30-22-21-28(35-40-31(24-13-5-1-6-14-24)38-32(41-35)25-15-7-2-8-16-25)23-29(30)36-42-33(26-17-9-3-10-18-26)39-34(43-36)27-19-11-4-12-20-27;1-15(2)16(3,4)23-19(22-15)12-9-10-14(21)13(11-12)20-24-17(5,6)18(7,8)25-20;16-15-18-13(11-7-3-1-4-8-11)17-14(19-15)12-9-5-2-6-10-12/h1-23H;9-11H,1-8H3;1-10H. The summed E-state index contributed by atoms with van der Waals surface area (Å²) in [5.41, 5.74) is 5.15. The van der Waals surface area contributed by atoms with E-state index in [2.05, 4.69) is 15.0 Å². The van der Waals surface area contributed by atoms with Gasteiger partial charge in [0.1, 0.15) is 11.6 Å². The van der Waals surface area contributed by atoms with E-state index in [4.69, 9.17) is 60.1 Å². The van der Waals surface area contributed by atoms with Gasteiger partial charge in [-0.2, -0.15) is 9.97 Å². The minimum atomic E-state index is -0.757. The molecule has 0 spiro atoms. The fraction of sp³-hybridized carbons (Fsp3) is 0.174. The minimum absolute atomic E-state index is 0.202. The lowest BCUT2D eigenvalue weighted by Gasteiger charge is -2.32. The second kappa shape index (κ2) is 25.1. The van der Waals surface area contributed by atoms with Crippen LogP contribution in [0.4, 0.5) is 8.78 Å². The molecule has 0 atom stereocenters. The second-order valence-electron chi connectivity index (χ2n) is 22.7. The summed E-state index contributed by atoms with van der Waals surface area (Å²) in [4.78, 5) is 41.3. The molecular formula is C69H60B2ClF2N9O4. The first-order chi connectivity index (χ1) is 41.8. The van der Waals surface area contributed by atoms with Gasteiger partial charge in [-0.25, -0.2) is 43.7 Å². The van der Waals surface area contributed by atoms with E-state index in [1.54, 1.807) is 24.3 Å². The molecule has 432 valence electrons. The third-order valence-electron chi connectivity index (χ3n) is 15.6. The average Bonchev–Trinajstić information content (AvgIpc) is 2.19. The molecule has 5 heterocycles. The third kappa shape index (κ3) is 13.5. The van der Waals surface area contributed by atoms with Crippen LogP contribution in [-0.2, 0) is 18.6 Å². The summed E-state index contributed by atoms with van der Waals surface area (Å²) in [5, 5.41) is 0.202. The van der Waals surface area contributed by atoms with Crippen LogP contribution in [0.5, 0.6) is 0 Å². The number of aromatic nitrogens is 9. The fourth-order valence-electron chi connectivity index (χ4n) is 9.32. The van der Waals surface area contributed by atoms with Crippen LogP contribution in [-0.4, -0.2) is 81.5 Å². The summed E-state index contributed by atoms with van der Waals surface area (Å²) >= 11 is 5.99. The van der Waals surface area contributed by atoms with Crippen LogP contribution < -0.4 is 10.9 Å². The molecule has 0 radical (unpaired) electrons. The molecule has 3 aromatic heterocycles.